The second-order valence-electron chi connectivity index (χ2n) is 3.44. The maximum atomic E-state index is 13.3. The molecule has 1 aromatic carbocycles. The molecule has 2 aromatic rings. The largest absolute Gasteiger partial charge is 0.378 e. The van der Waals surface area contributed by atoms with Crippen LogP contribution < -0.4 is 5.32 Å². The topological polar surface area (TPSA) is 24.9 Å². The fourth-order valence-corrected chi connectivity index (χ4v) is 1.54. The number of hydrogen-bond acceptors (Lipinski definition) is 2. The summed E-state index contributed by atoms with van der Waals surface area (Å²) in [5.41, 5.74) is 0.976. The lowest BCUT2D eigenvalue weighted by Crippen LogP contribution is -2.02. The Bertz CT molecular complexity index is 532. The van der Waals surface area contributed by atoms with Gasteiger partial charge in [0.1, 0.15) is 11.6 Å². The van der Waals surface area contributed by atoms with Gasteiger partial charge in [-0.2, -0.15) is 0 Å². The van der Waals surface area contributed by atoms with E-state index in [9.17, 15) is 8.78 Å². The maximum absolute atomic E-state index is 13.3. The lowest BCUT2D eigenvalue weighted by atomic mass is 10.2. The van der Waals surface area contributed by atoms with E-state index < -0.39 is 11.6 Å². The zero-order valence-corrected chi connectivity index (χ0v) is 9.51. The summed E-state index contributed by atoms with van der Waals surface area (Å²) in [4.78, 5) is 3.89. The van der Waals surface area contributed by atoms with Crippen LogP contribution in [-0.2, 0) is 6.54 Å². The van der Waals surface area contributed by atoms with Gasteiger partial charge >= 0.3 is 0 Å². The van der Waals surface area contributed by atoms with Crippen molar-refractivity contribution in [2.24, 2.45) is 0 Å². The van der Waals surface area contributed by atoms with Crippen molar-refractivity contribution >= 4 is 17.3 Å². The van der Waals surface area contributed by atoms with Gasteiger partial charge in [-0.25, -0.2) is 8.78 Å². The van der Waals surface area contributed by atoms with Crippen LogP contribution in [0.5, 0.6) is 0 Å². The van der Waals surface area contributed by atoms with Gasteiger partial charge in [-0.05, 0) is 12.1 Å². The molecule has 1 aromatic heterocycles. The Labute approximate surface area is 102 Å². The molecular weight excluding hydrogens is 246 g/mol. The third kappa shape index (κ3) is 2.91. The van der Waals surface area contributed by atoms with Crippen molar-refractivity contribution in [1.82, 2.24) is 4.98 Å². The minimum Gasteiger partial charge on any atom is -0.378 e. The molecule has 17 heavy (non-hydrogen) atoms. The van der Waals surface area contributed by atoms with Gasteiger partial charge < -0.3 is 5.32 Å². The van der Waals surface area contributed by atoms with Crippen LogP contribution in [0.2, 0.25) is 5.02 Å². The number of anilines is 1. The van der Waals surface area contributed by atoms with E-state index in [-0.39, 0.29) is 6.54 Å². The second kappa shape index (κ2) is 5.10. The molecule has 1 heterocycles. The van der Waals surface area contributed by atoms with Crippen LogP contribution in [0.15, 0.2) is 36.7 Å². The van der Waals surface area contributed by atoms with Crippen molar-refractivity contribution in [1.29, 1.82) is 0 Å². The molecule has 0 spiro atoms. The summed E-state index contributed by atoms with van der Waals surface area (Å²) in [5, 5.41) is 3.43. The molecule has 0 radical (unpaired) electrons. The molecule has 88 valence electrons. The van der Waals surface area contributed by atoms with Gasteiger partial charge in [0.25, 0.3) is 0 Å². The van der Waals surface area contributed by atoms with Crippen molar-refractivity contribution in [3.63, 3.8) is 0 Å². The number of nitrogens with zero attached hydrogens (tertiary/aromatic N) is 1. The molecule has 0 bridgehead atoms. The van der Waals surface area contributed by atoms with Crippen molar-refractivity contribution in [2.75, 3.05) is 5.32 Å². The lowest BCUT2D eigenvalue weighted by Gasteiger charge is -2.08. The Morgan fingerprint density at radius 1 is 1.24 bits per heavy atom. The highest BCUT2D eigenvalue weighted by Gasteiger charge is 2.04. The van der Waals surface area contributed by atoms with Crippen LogP contribution >= 0.6 is 11.6 Å². The molecule has 1 N–H and O–H groups in total. The number of rotatable bonds is 3. The summed E-state index contributed by atoms with van der Waals surface area (Å²) < 4.78 is 26.0. The molecule has 0 unspecified atom stereocenters. The SMILES string of the molecule is Fc1ccc(CNc2cnccc2Cl)c(F)c1. The first-order chi connectivity index (χ1) is 8.16. The molecule has 0 fully saturated rings. The van der Waals surface area contributed by atoms with Crippen LogP contribution in [0.3, 0.4) is 0 Å². The Balaban J connectivity index is 2.10. The van der Waals surface area contributed by atoms with Gasteiger partial charge in [-0.15, -0.1) is 0 Å². The molecule has 2 rings (SSSR count). The van der Waals surface area contributed by atoms with E-state index in [2.05, 4.69) is 10.3 Å². The molecule has 0 amide bonds. The first kappa shape index (κ1) is 11.8. The van der Waals surface area contributed by atoms with E-state index in [1.165, 1.54) is 12.1 Å². The number of benzene rings is 1. The van der Waals surface area contributed by atoms with E-state index in [0.717, 1.165) is 6.07 Å². The van der Waals surface area contributed by atoms with Crippen LogP contribution in [-0.4, -0.2) is 4.98 Å². The second-order valence-corrected chi connectivity index (χ2v) is 3.85. The Hall–Kier alpha value is -1.68. The molecule has 0 saturated carbocycles. The van der Waals surface area contributed by atoms with E-state index in [1.807, 2.05) is 0 Å². The minimum atomic E-state index is -0.592. The molecule has 5 heteroatoms. The third-order valence-electron chi connectivity index (χ3n) is 2.25. The van der Waals surface area contributed by atoms with Gasteiger partial charge in [-0.3, -0.25) is 4.98 Å². The van der Waals surface area contributed by atoms with E-state index in [4.69, 9.17) is 11.6 Å². The Kier molecular flexibility index (Phi) is 3.54. The zero-order chi connectivity index (χ0) is 12.3. The monoisotopic (exact) mass is 254 g/mol. The number of aromatic nitrogens is 1. The molecular formula is C12H9ClF2N2. The molecule has 0 atom stereocenters. The lowest BCUT2D eigenvalue weighted by molar-refractivity contribution is 0.574. The van der Waals surface area contributed by atoms with Gasteiger partial charge in [0.15, 0.2) is 0 Å². The van der Waals surface area contributed by atoms with Gasteiger partial charge in [0, 0.05) is 24.4 Å². The minimum absolute atomic E-state index is 0.220. The summed E-state index contributed by atoms with van der Waals surface area (Å²) in [6, 6.07) is 5.08. The Morgan fingerprint density at radius 2 is 2.06 bits per heavy atom. The quantitative estimate of drug-likeness (QED) is 0.905. The van der Waals surface area contributed by atoms with Crippen molar-refractivity contribution in [2.45, 2.75) is 6.54 Å². The molecule has 0 aliphatic carbocycles. The zero-order valence-electron chi connectivity index (χ0n) is 8.75. The van der Waals surface area contributed by atoms with E-state index in [0.29, 0.717) is 16.3 Å². The number of halogens is 3. The predicted molar refractivity (Wildman–Crippen MR) is 62.9 cm³/mol. The number of nitrogens with one attached hydrogen (secondary N) is 1. The van der Waals surface area contributed by atoms with Crippen LogP contribution in [0.25, 0.3) is 0 Å². The third-order valence-corrected chi connectivity index (χ3v) is 2.58. The predicted octanol–water partition coefficient (Wildman–Crippen LogP) is 3.63. The summed E-state index contributed by atoms with van der Waals surface area (Å²) in [6.07, 6.45) is 3.11. The molecule has 0 saturated heterocycles. The van der Waals surface area contributed by atoms with Gasteiger partial charge in [0.2, 0.25) is 0 Å². The average molecular weight is 255 g/mol. The standard InChI is InChI=1S/C12H9ClF2N2/c13-10-3-4-16-7-12(10)17-6-8-1-2-9(14)5-11(8)15/h1-5,7,17H,6H2. The first-order valence-corrected chi connectivity index (χ1v) is 5.32. The summed E-state index contributed by atoms with van der Waals surface area (Å²) in [5.74, 6) is -1.18. The van der Waals surface area contributed by atoms with Crippen LogP contribution in [0, 0.1) is 11.6 Å². The van der Waals surface area contributed by atoms with Crippen molar-refractivity contribution in [3.05, 3.63) is 58.9 Å². The number of hydrogen-bond donors (Lipinski definition) is 1. The summed E-state index contributed by atoms with van der Waals surface area (Å²) >= 11 is 5.90. The van der Waals surface area contributed by atoms with Gasteiger partial charge in [-0.1, -0.05) is 17.7 Å². The summed E-state index contributed by atoms with van der Waals surface area (Å²) in [7, 11) is 0. The van der Waals surface area contributed by atoms with E-state index in [1.54, 1.807) is 18.5 Å². The van der Waals surface area contributed by atoms with Crippen molar-refractivity contribution < 1.29 is 8.78 Å². The van der Waals surface area contributed by atoms with Crippen LogP contribution in [0.1, 0.15) is 5.56 Å². The van der Waals surface area contributed by atoms with E-state index >= 15 is 0 Å². The highest BCUT2D eigenvalue weighted by atomic mass is 35.5. The maximum Gasteiger partial charge on any atom is 0.131 e. The van der Waals surface area contributed by atoms with Crippen LogP contribution in [0.4, 0.5) is 14.5 Å². The van der Waals surface area contributed by atoms with Gasteiger partial charge in [0.05, 0.1) is 16.9 Å². The summed E-state index contributed by atoms with van der Waals surface area (Å²) in [6.45, 7) is 0.220. The Morgan fingerprint density at radius 3 is 2.76 bits per heavy atom. The molecule has 2 nitrogen and oxygen atoms in total. The smallest absolute Gasteiger partial charge is 0.131 e. The highest BCUT2D eigenvalue weighted by molar-refractivity contribution is 6.33. The van der Waals surface area contributed by atoms with Crippen molar-refractivity contribution in [3.8, 4) is 0 Å². The molecule has 0 aliphatic heterocycles. The average Bonchev–Trinajstić information content (AvgIpc) is 2.30. The fraction of sp³-hybridized carbons (Fsp3) is 0.0833. The number of pyridine rings is 1. The highest BCUT2D eigenvalue weighted by Crippen LogP contribution is 2.20. The molecule has 0 aliphatic rings. The normalized spacial score (nSPS) is 10.3. The first-order valence-electron chi connectivity index (χ1n) is 4.94. The fourth-order valence-electron chi connectivity index (χ4n) is 1.36.